The molecule has 3 aromatic rings. The first-order valence-electron chi connectivity index (χ1n) is 14.7. The van der Waals surface area contributed by atoms with Gasteiger partial charge in [0.1, 0.15) is 12.4 Å². The summed E-state index contributed by atoms with van der Waals surface area (Å²) in [4.78, 5) is 47.2. The third-order valence-electron chi connectivity index (χ3n) is 6.96. The molecular weight excluding hydrogens is 588 g/mol. The fourth-order valence-electron chi connectivity index (χ4n) is 4.46. The average molecular weight is 627 g/mol. The van der Waals surface area contributed by atoms with Gasteiger partial charge in [-0.05, 0) is 70.5 Å². The summed E-state index contributed by atoms with van der Waals surface area (Å²) >= 11 is 0. The highest BCUT2D eigenvalue weighted by atomic mass is 16.5. The van der Waals surface area contributed by atoms with E-state index in [2.05, 4.69) is 19.7 Å². The smallest absolute Gasteiger partial charge is 0.333 e. The van der Waals surface area contributed by atoms with E-state index in [1.165, 1.54) is 0 Å². The molecule has 0 aliphatic rings. The summed E-state index contributed by atoms with van der Waals surface area (Å²) in [7, 11) is 0. The summed E-state index contributed by atoms with van der Waals surface area (Å²) in [5.74, 6) is -1.51. The van der Waals surface area contributed by atoms with Gasteiger partial charge in [-0.25, -0.2) is 14.4 Å². The minimum absolute atomic E-state index is 0.0284. The summed E-state index contributed by atoms with van der Waals surface area (Å²) in [6, 6.07) is 18.3. The highest BCUT2D eigenvalue weighted by molar-refractivity contribution is 5.87. The zero-order chi connectivity index (χ0) is 33.5. The molecule has 0 bridgehead atoms. The van der Waals surface area contributed by atoms with Gasteiger partial charge in [0.25, 0.3) is 0 Å². The lowest BCUT2D eigenvalue weighted by atomic mass is 9.97. The SMILES string of the molecule is C=CC(=O)OCCc1ccc(CCC(=O)Oc2ccc(-c3ccc(COC(=O)C(=C)C)c(CO)c3)cc2)cc1CCOC(=O)C=C. The molecule has 0 aliphatic heterocycles. The summed E-state index contributed by atoms with van der Waals surface area (Å²) in [5, 5.41) is 9.84. The fraction of sp³-hybridized carbons (Fsp3) is 0.243. The summed E-state index contributed by atoms with van der Waals surface area (Å²) in [6.45, 7) is 12.1. The third kappa shape index (κ3) is 11.0. The highest BCUT2D eigenvalue weighted by Gasteiger charge is 2.12. The van der Waals surface area contributed by atoms with Crippen molar-refractivity contribution in [3.05, 3.63) is 126 Å². The first-order valence-corrected chi connectivity index (χ1v) is 14.7. The molecular formula is C37H38O9. The van der Waals surface area contributed by atoms with Crippen molar-refractivity contribution < 1.29 is 43.2 Å². The second kappa shape index (κ2) is 17.9. The quantitative estimate of drug-likeness (QED) is 0.0889. The number of carbonyl (C=O) groups excluding carboxylic acids is 4. The second-order valence-corrected chi connectivity index (χ2v) is 10.3. The number of aliphatic hydroxyl groups excluding tert-OH is 1. The van der Waals surface area contributed by atoms with Crippen molar-refractivity contribution in [2.75, 3.05) is 13.2 Å². The molecule has 0 unspecified atom stereocenters. The molecule has 0 aromatic heterocycles. The normalized spacial score (nSPS) is 10.4. The molecule has 1 N–H and O–H groups in total. The van der Waals surface area contributed by atoms with E-state index in [9.17, 15) is 24.3 Å². The first-order chi connectivity index (χ1) is 22.1. The van der Waals surface area contributed by atoms with Crippen LogP contribution in [0.5, 0.6) is 5.75 Å². The average Bonchev–Trinajstić information content (AvgIpc) is 3.06. The molecule has 9 nitrogen and oxygen atoms in total. The summed E-state index contributed by atoms with van der Waals surface area (Å²) in [5.41, 5.74) is 6.07. The van der Waals surface area contributed by atoms with Crippen molar-refractivity contribution in [2.45, 2.75) is 45.8 Å². The molecule has 0 aliphatic carbocycles. The van der Waals surface area contributed by atoms with Crippen molar-refractivity contribution in [3.8, 4) is 16.9 Å². The zero-order valence-electron chi connectivity index (χ0n) is 25.9. The Kier molecular flexibility index (Phi) is 13.7. The van der Waals surface area contributed by atoms with Crippen LogP contribution >= 0.6 is 0 Å². The molecule has 0 heterocycles. The zero-order valence-corrected chi connectivity index (χ0v) is 25.9. The molecule has 46 heavy (non-hydrogen) atoms. The number of benzene rings is 3. The van der Waals surface area contributed by atoms with Gasteiger partial charge in [0.2, 0.25) is 0 Å². The maximum Gasteiger partial charge on any atom is 0.333 e. The van der Waals surface area contributed by atoms with Gasteiger partial charge in [-0.15, -0.1) is 0 Å². The molecule has 0 fully saturated rings. The van der Waals surface area contributed by atoms with E-state index < -0.39 is 23.9 Å². The number of ether oxygens (including phenoxy) is 4. The van der Waals surface area contributed by atoms with E-state index in [-0.39, 0.29) is 32.8 Å². The minimum Gasteiger partial charge on any atom is -0.462 e. The maximum atomic E-state index is 12.7. The van der Waals surface area contributed by atoms with E-state index in [1.807, 2.05) is 42.5 Å². The lowest BCUT2D eigenvalue weighted by molar-refractivity contribution is -0.140. The van der Waals surface area contributed by atoms with Crippen molar-refractivity contribution >= 4 is 23.9 Å². The Balaban J connectivity index is 1.60. The fourth-order valence-corrected chi connectivity index (χ4v) is 4.46. The third-order valence-corrected chi connectivity index (χ3v) is 6.96. The van der Waals surface area contributed by atoms with Crippen LogP contribution in [-0.4, -0.2) is 42.2 Å². The van der Waals surface area contributed by atoms with Gasteiger partial charge in [0.05, 0.1) is 19.8 Å². The Morgan fingerprint density at radius 2 is 1.33 bits per heavy atom. The van der Waals surface area contributed by atoms with Crippen LogP contribution < -0.4 is 4.74 Å². The van der Waals surface area contributed by atoms with E-state index in [1.54, 1.807) is 25.1 Å². The van der Waals surface area contributed by atoms with Gasteiger partial charge in [-0.3, -0.25) is 4.79 Å². The Morgan fingerprint density at radius 1 is 0.717 bits per heavy atom. The predicted octanol–water partition coefficient (Wildman–Crippen LogP) is 5.55. The minimum atomic E-state index is -0.514. The maximum absolute atomic E-state index is 12.7. The van der Waals surface area contributed by atoms with Crippen LogP contribution in [0.25, 0.3) is 11.1 Å². The standard InChI is InChI=1S/C37H38O9/c1-5-34(39)43-19-17-28-9-7-26(21-30(28)18-20-44-35(40)6-2)8-16-36(41)46-33-14-12-27(13-15-33)29-10-11-31(32(22-29)23-38)24-45-37(42)25(3)4/h5-7,9-15,21-22,38H,1-3,8,16-20,23-24H2,4H3. The molecule has 0 spiro atoms. The van der Waals surface area contributed by atoms with E-state index >= 15 is 0 Å². The molecule has 9 heteroatoms. The van der Waals surface area contributed by atoms with Gasteiger partial charge in [-0.1, -0.05) is 62.2 Å². The van der Waals surface area contributed by atoms with E-state index in [4.69, 9.17) is 18.9 Å². The van der Waals surface area contributed by atoms with Crippen LogP contribution in [0.4, 0.5) is 0 Å². The summed E-state index contributed by atoms with van der Waals surface area (Å²) in [6.07, 6.45) is 3.69. The first kappa shape index (κ1) is 35.2. The van der Waals surface area contributed by atoms with Crippen LogP contribution in [0.2, 0.25) is 0 Å². The van der Waals surface area contributed by atoms with E-state index in [0.717, 1.165) is 40.0 Å². The van der Waals surface area contributed by atoms with Crippen molar-refractivity contribution in [3.63, 3.8) is 0 Å². The van der Waals surface area contributed by atoms with Crippen molar-refractivity contribution in [2.24, 2.45) is 0 Å². The Morgan fingerprint density at radius 3 is 1.93 bits per heavy atom. The van der Waals surface area contributed by atoms with E-state index in [0.29, 0.717) is 41.7 Å². The summed E-state index contributed by atoms with van der Waals surface area (Å²) < 4.78 is 21.0. The Bertz CT molecular complexity index is 1580. The number of rotatable bonds is 17. The van der Waals surface area contributed by atoms with Crippen LogP contribution in [0, 0.1) is 0 Å². The number of carbonyl (C=O) groups is 4. The van der Waals surface area contributed by atoms with Crippen molar-refractivity contribution in [1.82, 2.24) is 0 Å². The predicted molar refractivity (Wildman–Crippen MR) is 173 cm³/mol. The van der Waals surface area contributed by atoms with Crippen LogP contribution in [0.1, 0.15) is 41.2 Å². The number of aliphatic hydroxyl groups is 1. The number of hydrogen-bond donors (Lipinski definition) is 1. The number of aryl methyl sites for hydroxylation is 1. The number of hydrogen-bond acceptors (Lipinski definition) is 9. The molecule has 0 saturated heterocycles. The molecule has 0 saturated carbocycles. The monoisotopic (exact) mass is 626 g/mol. The molecule has 0 radical (unpaired) electrons. The molecule has 240 valence electrons. The lowest BCUT2D eigenvalue weighted by Crippen LogP contribution is -2.11. The lowest BCUT2D eigenvalue weighted by Gasteiger charge is -2.13. The van der Waals surface area contributed by atoms with Crippen molar-refractivity contribution in [1.29, 1.82) is 0 Å². The van der Waals surface area contributed by atoms with Gasteiger partial charge in [0.15, 0.2) is 0 Å². The number of esters is 4. The molecule has 3 aromatic carbocycles. The molecule has 0 atom stereocenters. The van der Waals surface area contributed by atoms with Gasteiger partial charge in [0, 0.05) is 37.0 Å². The molecule has 0 amide bonds. The van der Waals surface area contributed by atoms with Crippen LogP contribution in [0.3, 0.4) is 0 Å². The largest absolute Gasteiger partial charge is 0.462 e. The Labute approximate surface area is 268 Å². The Hall–Kier alpha value is -5.28. The highest BCUT2D eigenvalue weighted by Crippen LogP contribution is 2.26. The van der Waals surface area contributed by atoms with Gasteiger partial charge < -0.3 is 24.1 Å². The molecule has 3 rings (SSSR count). The second-order valence-electron chi connectivity index (χ2n) is 10.3. The topological polar surface area (TPSA) is 125 Å². The van der Waals surface area contributed by atoms with Crippen LogP contribution in [0.15, 0.2) is 98.1 Å². The van der Waals surface area contributed by atoms with Gasteiger partial charge in [-0.2, -0.15) is 0 Å². The van der Waals surface area contributed by atoms with Gasteiger partial charge >= 0.3 is 23.9 Å². The van der Waals surface area contributed by atoms with Crippen LogP contribution in [-0.2, 0) is 65.9 Å².